The molecule has 2 aromatic rings. The highest BCUT2D eigenvalue weighted by atomic mass is 32.1. The number of nitrogens with one attached hydrogen (secondary N) is 1. The molecule has 2 fully saturated rings. The second kappa shape index (κ2) is 10.8. The summed E-state index contributed by atoms with van der Waals surface area (Å²) in [5, 5.41) is 4.43. The Kier molecular flexibility index (Phi) is 7.81. The lowest BCUT2D eigenvalue weighted by atomic mass is 9.96. The van der Waals surface area contributed by atoms with Crippen LogP contribution in [-0.2, 0) is 11.3 Å². The van der Waals surface area contributed by atoms with E-state index in [2.05, 4.69) is 63.6 Å². The molecule has 0 aliphatic carbocycles. The van der Waals surface area contributed by atoms with Gasteiger partial charge in [0.05, 0.1) is 31.0 Å². The van der Waals surface area contributed by atoms with Crippen LogP contribution in [0.15, 0.2) is 30.5 Å². The maximum absolute atomic E-state index is 5.80. The van der Waals surface area contributed by atoms with E-state index in [1.165, 1.54) is 17.0 Å². The van der Waals surface area contributed by atoms with Crippen LogP contribution in [0, 0.1) is 13.8 Å². The molecule has 4 heterocycles. The van der Waals surface area contributed by atoms with Crippen LogP contribution in [-0.4, -0.2) is 63.9 Å². The number of aromatic nitrogens is 2. The number of hydrogen-bond acceptors (Lipinski definition) is 4. The monoisotopic (exact) mass is 455 g/mol. The van der Waals surface area contributed by atoms with E-state index < -0.39 is 0 Å². The minimum absolute atomic E-state index is 0.0721. The zero-order chi connectivity index (χ0) is 22.5. The smallest absolute Gasteiger partial charge is 0.170 e. The van der Waals surface area contributed by atoms with Crippen molar-refractivity contribution in [1.82, 2.24) is 24.7 Å². The van der Waals surface area contributed by atoms with Crippen molar-refractivity contribution in [2.24, 2.45) is 0 Å². The summed E-state index contributed by atoms with van der Waals surface area (Å²) < 4.78 is 7.97. The lowest BCUT2D eigenvalue weighted by Crippen LogP contribution is -2.37. The van der Waals surface area contributed by atoms with Crippen LogP contribution in [0.25, 0.3) is 0 Å². The summed E-state index contributed by atoms with van der Waals surface area (Å²) in [4.78, 5) is 9.58. The van der Waals surface area contributed by atoms with Gasteiger partial charge < -0.3 is 19.5 Å². The van der Waals surface area contributed by atoms with Gasteiger partial charge in [0, 0.05) is 50.3 Å². The molecule has 0 unspecified atom stereocenters. The van der Waals surface area contributed by atoms with Crippen molar-refractivity contribution in [3.63, 3.8) is 0 Å². The van der Waals surface area contributed by atoms with Gasteiger partial charge in [0.1, 0.15) is 0 Å². The lowest BCUT2D eigenvalue weighted by molar-refractivity contribution is 0.0369. The minimum atomic E-state index is 0.0721. The third-order valence-electron chi connectivity index (χ3n) is 6.84. The van der Waals surface area contributed by atoms with Crippen LogP contribution < -0.4 is 5.32 Å². The summed E-state index contributed by atoms with van der Waals surface area (Å²) in [6.45, 7) is 13.7. The maximum Gasteiger partial charge on any atom is 0.170 e. The van der Waals surface area contributed by atoms with Crippen LogP contribution in [0.1, 0.15) is 60.9 Å². The van der Waals surface area contributed by atoms with E-state index in [9.17, 15) is 0 Å². The van der Waals surface area contributed by atoms with E-state index >= 15 is 0 Å². The molecule has 6 nitrogen and oxygen atoms in total. The first kappa shape index (κ1) is 23.2. The van der Waals surface area contributed by atoms with Gasteiger partial charge in [-0.1, -0.05) is 19.4 Å². The average Bonchev–Trinajstić information content (AvgIpc) is 3.29. The molecule has 4 rings (SSSR count). The molecule has 0 radical (unpaired) electrons. The van der Waals surface area contributed by atoms with E-state index in [0.29, 0.717) is 0 Å². The number of nitrogens with zero attached hydrogens (tertiary/aromatic N) is 4. The number of thiocarbonyl (C=S) groups is 1. The maximum atomic E-state index is 5.80. The molecule has 1 N–H and O–H groups in total. The van der Waals surface area contributed by atoms with Crippen molar-refractivity contribution in [2.75, 3.05) is 39.4 Å². The molecule has 2 aliphatic heterocycles. The molecule has 0 spiro atoms. The number of pyridine rings is 1. The summed E-state index contributed by atoms with van der Waals surface area (Å²) in [5.74, 6) is 0. The fourth-order valence-corrected chi connectivity index (χ4v) is 5.39. The van der Waals surface area contributed by atoms with Crippen molar-refractivity contribution in [3.05, 3.63) is 53.1 Å². The van der Waals surface area contributed by atoms with Crippen LogP contribution in [0.2, 0.25) is 0 Å². The number of hydrogen-bond donors (Lipinski definition) is 1. The van der Waals surface area contributed by atoms with Gasteiger partial charge in [-0.05, 0) is 62.7 Å². The number of unbranched alkanes of at least 4 members (excludes halogenated alkanes) is 1. The fourth-order valence-electron chi connectivity index (χ4n) is 5.06. The SMILES string of the molecule is CCCCN1C(=S)N[C@H](c2ccccn2)[C@@H]1c1cc(C)n(CCCN2CCOCC2)c1C. The van der Waals surface area contributed by atoms with Crippen molar-refractivity contribution >= 4 is 17.3 Å². The van der Waals surface area contributed by atoms with Crippen LogP contribution in [0.5, 0.6) is 0 Å². The van der Waals surface area contributed by atoms with Crippen LogP contribution in [0.4, 0.5) is 0 Å². The molecule has 0 aromatic carbocycles. The molecule has 0 saturated carbocycles. The Morgan fingerprint density at radius 1 is 1.12 bits per heavy atom. The van der Waals surface area contributed by atoms with Crippen LogP contribution >= 0.6 is 12.2 Å². The zero-order valence-corrected chi connectivity index (χ0v) is 20.5. The van der Waals surface area contributed by atoms with Crippen molar-refractivity contribution in [2.45, 2.75) is 58.7 Å². The third kappa shape index (κ3) is 5.00. The topological polar surface area (TPSA) is 45.6 Å². The Balaban J connectivity index is 1.56. The zero-order valence-electron chi connectivity index (χ0n) is 19.7. The molecule has 32 heavy (non-hydrogen) atoms. The van der Waals surface area contributed by atoms with Gasteiger partial charge in [0.15, 0.2) is 5.11 Å². The minimum Gasteiger partial charge on any atom is -0.379 e. The molecule has 2 atom stereocenters. The van der Waals surface area contributed by atoms with Gasteiger partial charge in [-0.3, -0.25) is 9.88 Å². The first-order valence-electron chi connectivity index (χ1n) is 12.0. The summed E-state index contributed by atoms with van der Waals surface area (Å²) in [5.41, 5.74) is 5.10. The standard InChI is InChI=1S/C25H37N5OS/c1-4-5-12-30-24(23(27-25(30)32)22-9-6-7-10-26-22)21-18-19(2)29(20(21)3)13-8-11-28-14-16-31-17-15-28/h6-7,9-10,18,23-24H,4-5,8,11-17H2,1-3H3,(H,27,32)/t23-,24+/m1/s1. The number of aryl methyl sites for hydroxylation is 1. The van der Waals surface area contributed by atoms with E-state index in [1.807, 2.05) is 12.3 Å². The van der Waals surface area contributed by atoms with E-state index in [1.54, 1.807) is 0 Å². The Labute approximate surface area is 197 Å². The fraction of sp³-hybridized carbons (Fsp3) is 0.600. The summed E-state index contributed by atoms with van der Waals surface area (Å²) in [6.07, 6.45) is 5.31. The Morgan fingerprint density at radius 3 is 2.66 bits per heavy atom. The summed E-state index contributed by atoms with van der Waals surface area (Å²) in [7, 11) is 0. The molecule has 2 aromatic heterocycles. The second-order valence-corrected chi connectivity index (χ2v) is 9.35. The summed E-state index contributed by atoms with van der Waals surface area (Å²) >= 11 is 5.80. The number of ether oxygens (including phenoxy) is 1. The normalized spacial score (nSPS) is 21.8. The van der Waals surface area contributed by atoms with Gasteiger partial charge in [0.2, 0.25) is 0 Å². The van der Waals surface area contributed by atoms with Gasteiger partial charge in [-0.2, -0.15) is 0 Å². The van der Waals surface area contributed by atoms with Crippen molar-refractivity contribution in [1.29, 1.82) is 0 Å². The number of rotatable bonds is 9. The highest BCUT2D eigenvalue weighted by Gasteiger charge is 2.40. The van der Waals surface area contributed by atoms with Crippen LogP contribution in [0.3, 0.4) is 0 Å². The molecule has 2 saturated heterocycles. The lowest BCUT2D eigenvalue weighted by Gasteiger charge is -2.28. The van der Waals surface area contributed by atoms with E-state index in [0.717, 1.165) is 76.0 Å². The van der Waals surface area contributed by atoms with Gasteiger partial charge in [-0.25, -0.2) is 0 Å². The van der Waals surface area contributed by atoms with Gasteiger partial charge in [-0.15, -0.1) is 0 Å². The van der Waals surface area contributed by atoms with Gasteiger partial charge >= 0.3 is 0 Å². The Hall–Kier alpha value is -1.96. The van der Waals surface area contributed by atoms with Gasteiger partial charge in [0.25, 0.3) is 0 Å². The van der Waals surface area contributed by atoms with Crippen molar-refractivity contribution in [3.8, 4) is 0 Å². The highest BCUT2D eigenvalue weighted by Crippen LogP contribution is 2.40. The highest BCUT2D eigenvalue weighted by molar-refractivity contribution is 7.80. The third-order valence-corrected chi connectivity index (χ3v) is 7.19. The summed E-state index contributed by atoms with van der Waals surface area (Å²) in [6, 6.07) is 8.76. The molecule has 7 heteroatoms. The first-order chi connectivity index (χ1) is 15.6. The average molecular weight is 456 g/mol. The predicted octanol–water partition coefficient (Wildman–Crippen LogP) is 3.99. The second-order valence-electron chi connectivity index (χ2n) is 8.96. The molecule has 0 bridgehead atoms. The first-order valence-corrected chi connectivity index (χ1v) is 12.5. The molecular weight excluding hydrogens is 418 g/mol. The van der Waals surface area contributed by atoms with Crippen molar-refractivity contribution < 1.29 is 4.74 Å². The molecular formula is C25H37N5OS. The predicted molar refractivity (Wildman–Crippen MR) is 133 cm³/mol. The largest absolute Gasteiger partial charge is 0.379 e. The molecule has 0 amide bonds. The Morgan fingerprint density at radius 2 is 1.94 bits per heavy atom. The quantitative estimate of drug-likeness (QED) is 0.577. The molecule has 174 valence electrons. The van der Waals surface area contributed by atoms with E-state index in [-0.39, 0.29) is 12.1 Å². The Bertz CT molecular complexity index is 893. The molecule has 2 aliphatic rings. The number of morpholine rings is 1. The van der Waals surface area contributed by atoms with E-state index in [4.69, 9.17) is 17.0 Å².